The zero-order valence-corrected chi connectivity index (χ0v) is 10.7. The Kier molecular flexibility index (Phi) is 3.85. The molecule has 2 nitrogen and oxygen atoms in total. The van der Waals surface area contributed by atoms with Crippen molar-refractivity contribution in [2.45, 2.75) is 25.9 Å². The number of hydrogen-bond donors (Lipinski definition) is 1. The number of hydrogen-bond acceptors (Lipinski definition) is 2. The van der Waals surface area contributed by atoms with Gasteiger partial charge in [-0.25, -0.2) is 0 Å². The van der Waals surface area contributed by atoms with E-state index in [0.29, 0.717) is 12.1 Å². The van der Waals surface area contributed by atoms with Crippen LogP contribution in [-0.4, -0.2) is 30.6 Å². The lowest BCUT2D eigenvalue weighted by Crippen LogP contribution is -2.50. The highest BCUT2D eigenvalue weighted by atomic mass is 35.5. The van der Waals surface area contributed by atoms with Crippen LogP contribution in [0.15, 0.2) is 24.3 Å². The molecule has 1 aliphatic heterocycles. The van der Waals surface area contributed by atoms with E-state index in [1.54, 1.807) is 0 Å². The van der Waals surface area contributed by atoms with Crippen molar-refractivity contribution in [1.82, 2.24) is 10.2 Å². The lowest BCUT2D eigenvalue weighted by molar-refractivity contribution is 0.126. The Hall–Kier alpha value is -0.570. The van der Waals surface area contributed by atoms with Gasteiger partial charge in [-0.05, 0) is 31.5 Å². The Morgan fingerprint density at radius 3 is 2.69 bits per heavy atom. The minimum absolute atomic E-state index is 0.467. The zero-order valence-electron chi connectivity index (χ0n) is 9.91. The summed E-state index contributed by atoms with van der Waals surface area (Å²) in [5.74, 6) is 0. The Balaban J connectivity index is 2.11. The monoisotopic (exact) mass is 238 g/mol. The molecule has 0 aliphatic carbocycles. The number of benzene rings is 1. The molecule has 0 saturated carbocycles. The second-order valence-corrected chi connectivity index (χ2v) is 4.95. The highest BCUT2D eigenvalue weighted by Gasteiger charge is 2.23. The first-order chi connectivity index (χ1) is 7.68. The van der Waals surface area contributed by atoms with Gasteiger partial charge in [0.15, 0.2) is 0 Å². The Bertz CT molecular complexity index is 336. The predicted molar refractivity (Wildman–Crippen MR) is 68.9 cm³/mol. The van der Waals surface area contributed by atoms with Gasteiger partial charge in [-0.1, -0.05) is 23.7 Å². The Labute approximate surface area is 103 Å². The second kappa shape index (κ2) is 5.17. The second-order valence-electron chi connectivity index (χ2n) is 4.52. The Morgan fingerprint density at radius 1 is 1.38 bits per heavy atom. The quantitative estimate of drug-likeness (QED) is 0.853. The first-order valence-electron chi connectivity index (χ1n) is 5.90. The van der Waals surface area contributed by atoms with E-state index in [1.807, 2.05) is 12.1 Å². The highest BCUT2D eigenvalue weighted by Crippen LogP contribution is 2.24. The molecule has 1 aromatic carbocycles. The fourth-order valence-electron chi connectivity index (χ4n) is 2.36. The van der Waals surface area contributed by atoms with Crippen LogP contribution in [0.2, 0.25) is 5.02 Å². The lowest BCUT2D eigenvalue weighted by Gasteiger charge is -2.38. The van der Waals surface area contributed by atoms with Crippen LogP contribution in [-0.2, 0) is 0 Å². The third kappa shape index (κ3) is 2.57. The SMILES string of the molecule is C[C@H]1CNCCN1[C@@H](C)c1ccc(Cl)cc1. The lowest BCUT2D eigenvalue weighted by atomic mass is 10.0. The molecular weight excluding hydrogens is 220 g/mol. The fraction of sp³-hybridized carbons (Fsp3) is 0.538. The van der Waals surface area contributed by atoms with Crippen LogP contribution in [0.4, 0.5) is 0 Å². The average molecular weight is 239 g/mol. The maximum Gasteiger partial charge on any atom is 0.0406 e. The van der Waals surface area contributed by atoms with Gasteiger partial charge < -0.3 is 5.32 Å². The number of rotatable bonds is 2. The van der Waals surface area contributed by atoms with E-state index in [1.165, 1.54) is 5.56 Å². The van der Waals surface area contributed by atoms with Gasteiger partial charge in [-0.2, -0.15) is 0 Å². The topological polar surface area (TPSA) is 15.3 Å². The van der Waals surface area contributed by atoms with Crippen LogP contribution >= 0.6 is 11.6 Å². The van der Waals surface area contributed by atoms with E-state index in [-0.39, 0.29) is 0 Å². The number of nitrogens with one attached hydrogen (secondary N) is 1. The third-order valence-corrected chi connectivity index (χ3v) is 3.65. The largest absolute Gasteiger partial charge is 0.314 e. The van der Waals surface area contributed by atoms with Gasteiger partial charge in [0.25, 0.3) is 0 Å². The minimum atomic E-state index is 0.467. The first kappa shape index (κ1) is 11.9. The summed E-state index contributed by atoms with van der Waals surface area (Å²) < 4.78 is 0. The number of piperazine rings is 1. The molecule has 2 atom stereocenters. The standard InChI is InChI=1S/C13H19ClN2/c1-10-9-15-7-8-16(10)11(2)12-3-5-13(14)6-4-12/h3-6,10-11,15H,7-9H2,1-2H3/t10-,11-/m0/s1. The molecule has 1 saturated heterocycles. The number of halogens is 1. The van der Waals surface area contributed by atoms with Crippen molar-refractivity contribution < 1.29 is 0 Å². The van der Waals surface area contributed by atoms with Crippen LogP contribution in [0.5, 0.6) is 0 Å². The van der Waals surface area contributed by atoms with E-state index in [9.17, 15) is 0 Å². The summed E-state index contributed by atoms with van der Waals surface area (Å²) in [5, 5.41) is 4.23. The van der Waals surface area contributed by atoms with E-state index in [0.717, 1.165) is 24.7 Å². The molecule has 0 amide bonds. The van der Waals surface area contributed by atoms with Crippen molar-refractivity contribution in [2.24, 2.45) is 0 Å². The van der Waals surface area contributed by atoms with Gasteiger partial charge in [-0.3, -0.25) is 4.90 Å². The summed E-state index contributed by atoms with van der Waals surface area (Å²) in [7, 11) is 0. The minimum Gasteiger partial charge on any atom is -0.314 e. The molecule has 0 radical (unpaired) electrons. The molecule has 2 rings (SSSR count). The smallest absolute Gasteiger partial charge is 0.0406 e. The van der Waals surface area contributed by atoms with Crippen molar-refractivity contribution in [3.63, 3.8) is 0 Å². The van der Waals surface area contributed by atoms with Gasteiger partial charge in [0, 0.05) is 36.7 Å². The fourth-order valence-corrected chi connectivity index (χ4v) is 2.49. The summed E-state index contributed by atoms with van der Waals surface area (Å²) in [4.78, 5) is 2.54. The predicted octanol–water partition coefficient (Wildman–Crippen LogP) is 2.69. The van der Waals surface area contributed by atoms with Crippen LogP contribution in [0.25, 0.3) is 0 Å². The molecule has 0 bridgehead atoms. The molecule has 0 spiro atoms. The van der Waals surface area contributed by atoms with Crippen LogP contribution in [0.1, 0.15) is 25.5 Å². The van der Waals surface area contributed by atoms with Gasteiger partial charge in [0.2, 0.25) is 0 Å². The average Bonchev–Trinajstić information content (AvgIpc) is 2.30. The van der Waals surface area contributed by atoms with Gasteiger partial charge >= 0.3 is 0 Å². The van der Waals surface area contributed by atoms with Gasteiger partial charge in [0.05, 0.1) is 0 Å². The molecule has 1 fully saturated rings. The zero-order chi connectivity index (χ0) is 11.5. The Morgan fingerprint density at radius 2 is 2.06 bits per heavy atom. The van der Waals surface area contributed by atoms with Crippen LogP contribution < -0.4 is 5.32 Å². The van der Waals surface area contributed by atoms with Gasteiger partial charge in [0.1, 0.15) is 0 Å². The third-order valence-electron chi connectivity index (χ3n) is 3.40. The maximum atomic E-state index is 5.91. The van der Waals surface area contributed by atoms with E-state index < -0.39 is 0 Å². The van der Waals surface area contributed by atoms with Crippen molar-refractivity contribution in [2.75, 3.05) is 19.6 Å². The van der Waals surface area contributed by atoms with E-state index >= 15 is 0 Å². The van der Waals surface area contributed by atoms with Crippen molar-refractivity contribution in [3.8, 4) is 0 Å². The van der Waals surface area contributed by atoms with Crippen LogP contribution in [0.3, 0.4) is 0 Å². The van der Waals surface area contributed by atoms with E-state index in [2.05, 4.69) is 36.2 Å². The molecule has 1 N–H and O–H groups in total. The molecule has 0 unspecified atom stereocenters. The molecule has 3 heteroatoms. The normalized spacial score (nSPS) is 24.3. The summed E-state index contributed by atoms with van der Waals surface area (Å²) in [6, 6.07) is 9.26. The van der Waals surface area contributed by atoms with E-state index in [4.69, 9.17) is 11.6 Å². The molecule has 1 aliphatic rings. The van der Waals surface area contributed by atoms with Crippen molar-refractivity contribution >= 4 is 11.6 Å². The summed E-state index contributed by atoms with van der Waals surface area (Å²) in [6.07, 6.45) is 0. The first-order valence-corrected chi connectivity index (χ1v) is 6.28. The maximum absolute atomic E-state index is 5.91. The molecule has 16 heavy (non-hydrogen) atoms. The van der Waals surface area contributed by atoms with Crippen molar-refractivity contribution in [3.05, 3.63) is 34.9 Å². The van der Waals surface area contributed by atoms with Crippen LogP contribution in [0, 0.1) is 0 Å². The molecule has 1 aromatic rings. The van der Waals surface area contributed by atoms with Crippen molar-refractivity contribution in [1.29, 1.82) is 0 Å². The summed E-state index contributed by atoms with van der Waals surface area (Å²) in [6.45, 7) is 7.83. The summed E-state index contributed by atoms with van der Waals surface area (Å²) >= 11 is 5.91. The highest BCUT2D eigenvalue weighted by molar-refractivity contribution is 6.30. The molecule has 0 aromatic heterocycles. The molecule has 88 valence electrons. The summed E-state index contributed by atoms with van der Waals surface area (Å²) in [5.41, 5.74) is 1.35. The molecule has 1 heterocycles. The van der Waals surface area contributed by atoms with Gasteiger partial charge in [-0.15, -0.1) is 0 Å². The molecular formula is C13H19ClN2. The number of nitrogens with zero attached hydrogens (tertiary/aromatic N) is 1.